The van der Waals surface area contributed by atoms with Crippen LogP contribution < -0.4 is 16.0 Å². The summed E-state index contributed by atoms with van der Waals surface area (Å²) in [6.07, 6.45) is 0. The van der Waals surface area contributed by atoms with Crippen LogP contribution in [0.25, 0.3) is 0 Å². The second-order valence-corrected chi connectivity index (χ2v) is 4.24. The number of nitrogens with zero attached hydrogens (tertiary/aromatic N) is 1. The van der Waals surface area contributed by atoms with Crippen LogP contribution in [0.4, 0.5) is 5.69 Å². The minimum absolute atomic E-state index is 0.168. The molecule has 0 bridgehead atoms. The molecule has 2 rings (SSSR count). The van der Waals surface area contributed by atoms with E-state index in [-0.39, 0.29) is 12.4 Å². The molecule has 5 nitrogen and oxygen atoms in total. The van der Waals surface area contributed by atoms with Gasteiger partial charge in [-0.15, -0.1) is 0 Å². The number of para-hydroxylation sites is 1. The number of aliphatic hydroxyl groups is 1. The molecule has 1 heterocycles. The van der Waals surface area contributed by atoms with E-state index in [4.69, 9.17) is 10.8 Å². The van der Waals surface area contributed by atoms with E-state index in [1.54, 1.807) is 6.07 Å². The zero-order valence-corrected chi connectivity index (χ0v) is 9.76. The van der Waals surface area contributed by atoms with E-state index in [1.165, 1.54) is 0 Å². The van der Waals surface area contributed by atoms with Gasteiger partial charge in [-0.25, -0.2) is 0 Å². The second-order valence-electron chi connectivity index (χ2n) is 4.24. The van der Waals surface area contributed by atoms with Crippen molar-refractivity contribution in [1.29, 1.82) is 0 Å². The summed E-state index contributed by atoms with van der Waals surface area (Å²) in [7, 11) is 0. The number of aromatic hydroxyl groups is 1. The SMILES string of the molecule is N[C@@H](CO)c1cccc(N2CCNCC2)c1O. The first kappa shape index (κ1) is 12.2. The number of rotatable bonds is 3. The van der Waals surface area contributed by atoms with Gasteiger partial charge in [0.05, 0.1) is 18.3 Å². The van der Waals surface area contributed by atoms with Gasteiger partial charge in [-0.1, -0.05) is 12.1 Å². The molecule has 0 amide bonds. The Morgan fingerprint density at radius 2 is 2.06 bits per heavy atom. The zero-order chi connectivity index (χ0) is 12.3. The number of hydrogen-bond donors (Lipinski definition) is 4. The van der Waals surface area contributed by atoms with Gasteiger partial charge < -0.3 is 26.2 Å². The molecule has 1 aliphatic heterocycles. The maximum absolute atomic E-state index is 10.2. The molecule has 0 aromatic heterocycles. The molecule has 1 atom stereocenters. The number of aliphatic hydroxyl groups excluding tert-OH is 1. The van der Waals surface area contributed by atoms with Crippen molar-refractivity contribution in [2.24, 2.45) is 5.73 Å². The number of anilines is 1. The highest BCUT2D eigenvalue weighted by atomic mass is 16.3. The fourth-order valence-corrected chi connectivity index (χ4v) is 2.11. The summed E-state index contributed by atoms with van der Waals surface area (Å²) in [4.78, 5) is 2.12. The fourth-order valence-electron chi connectivity index (χ4n) is 2.11. The zero-order valence-electron chi connectivity index (χ0n) is 9.76. The van der Waals surface area contributed by atoms with Crippen LogP contribution in [-0.4, -0.2) is 43.0 Å². The first-order valence-corrected chi connectivity index (χ1v) is 5.88. The lowest BCUT2D eigenvalue weighted by atomic mass is 10.1. The molecule has 0 spiro atoms. The lowest BCUT2D eigenvalue weighted by Gasteiger charge is -2.30. The lowest BCUT2D eigenvalue weighted by Crippen LogP contribution is -2.43. The van der Waals surface area contributed by atoms with Crippen molar-refractivity contribution in [2.75, 3.05) is 37.7 Å². The first-order chi connectivity index (χ1) is 8.24. The molecule has 5 N–H and O–H groups in total. The van der Waals surface area contributed by atoms with Crippen LogP contribution in [0.2, 0.25) is 0 Å². The van der Waals surface area contributed by atoms with Crippen LogP contribution in [0, 0.1) is 0 Å². The Morgan fingerprint density at radius 3 is 2.71 bits per heavy atom. The summed E-state index contributed by atoms with van der Waals surface area (Å²) < 4.78 is 0. The fraction of sp³-hybridized carbons (Fsp3) is 0.500. The summed E-state index contributed by atoms with van der Waals surface area (Å²) in [5, 5.41) is 22.5. The van der Waals surface area contributed by atoms with Crippen molar-refractivity contribution < 1.29 is 10.2 Å². The minimum Gasteiger partial charge on any atom is -0.505 e. The summed E-state index contributed by atoms with van der Waals surface area (Å²) in [5.74, 6) is 0.191. The number of nitrogens with one attached hydrogen (secondary N) is 1. The number of phenols is 1. The van der Waals surface area contributed by atoms with Crippen molar-refractivity contribution in [3.05, 3.63) is 23.8 Å². The highest BCUT2D eigenvalue weighted by Crippen LogP contribution is 2.33. The van der Waals surface area contributed by atoms with Gasteiger partial charge in [0, 0.05) is 31.7 Å². The average molecular weight is 237 g/mol. The third kappa shape index (κ3) is 2.52. The Kier molecular flexibility index (Phi) is 3.83. The Morgan fingerprint density at radius 1 is 1.35 bits per heavy atom. The predicted octanol–water partition coefficient (Wildman–Crippen LogP) is -0.206. The van der Waals surface area contributed by atoms with Crippen LogP contribution in [0.1, 0.15) is 11.6 Å². The number of benzene rings is 1. The van der Waals surface area contributed by atoms with Crippen molar-refractivity contribution >= 4 is 5.69 Å². The highest BCUT2D eigenvalue weighted by molar-refractivity contribution is 5.62. The van der Waals surface area contributed by atoms with E-state index < -0.39 is 6.04 Å². The molecule has 94 valence electrons. The van der Waals surface area contributed by atoms with E-state index in [1.807, 2.05) is 12.1 Å². The molecular formula is C12H19N3O2. The quantitative estimate of drug-likeness (QED) is 0.585. The summed E-state index contributed by atoms with van der Waals surface area (Å²) >= 11 is 0. The number of nitrogens with two attached hydrogens (primary N) is 1. The monoisotopic (exact) mass is 237 g/mol. The highest BCUT2D eigenvalue weighted by Gasteiger charge is 2.18. The molecule has 1 saturated heterocycles. The van der Waals surface area contributed by atoms with Crippen molar-refractivity contribution in [3.63, 3.8) is 0 Å². The molecule has 1 fully saturated rings. The first-order valence-electron chi connectivity index (χ1n) is 5.88. The minimum atomic E-state index is -0.530. The van der Waals surface area contributed by atoms with Crippen molar-refractivity contribution in [2.45, 2.75) is 6.04 Å². The van der Waals surface area contributed by atoms with E-state index in [9.17, 15) is 5.11 Å². The normalized spacial score (nSPS) is 18.1. The van der Waals surface area contributed by atoms with Crippen molar-refractivity contribution in [3.8, 4) is 5.75 Å². The third-order valence-corrected chi connectivity index (χ3v) is 3.10. The van der Waals surface area contributed by atoms with E-state index in [0.29, 0.717) is 5.56 Å². The topological polar surface area (TPSA) is 81.8 Å². The molecule has 0 radical (unpaired) electrons. The van der Waals surface area contributed by atoms with Gasteiger partial charge in [0.15, 0.2) is 0 Å². The van der Waals surface area contributed by atoms with Crippen LogP contribution in [0.3, 0.4) is 0 Å². The molecule has 1 aromatic carbocycles. The smallest absolute Gasteiger partial charge is 0.143 e. The van der Waals surface area contributed by atoms with E-state index >= 15 is 0 Å². The molecule has 0 aliphatic carbocycles. The van der Waals surface area contributed by atoms with Crippen molar-refractivity contribution in [1.82, 2.24) is 5.32 Å². The molecule has 0 saturated carbocycles. The van der Waals surface area contributed by atoms with Gasteiger partial charge in [-0.2, -0.15) is 0 Å². The molecule has 0 unspecified atom stereocenters. The average Bonchev–Trinajstić information content (AvgIpc) is 2.39. The molecular weight excluding hydrogens is 218 g/mol. The molecule has 17 heavy (non-hydrogen) atoms. The van der Waals surface area contributed by atoms with E-state index in [0.717, 1.165) is 31.9 Å². The summed E-state index contributed by atoms with van der Waals surface area (Å²) in [5.41, 5.74) is 7.15. The van der Waals surface area contributed by atoms with Gasteiger partial charge in [0.25, 0.3) is 0 Å². The van der Waals surface area contributed by atoms with Gasteiger partial charge in [-0.3, -0.25) is 0 Å². The Labute approximate surface area is 101 Å². The van der Waals surface area contributed by atoms with Gasteiger partial charge >= 0.3 is 0 Å². The number of piperazine rings is 1. The largest absolute Gasteiger partial charge is 0.505 e. The molecule has 5 heteroatoms. The van der Waals surface area contributed by atoms with Crippen LogP contribution in [0.5, 0.6) is 5.75 Å². The Hall–Kier alpha value is -1.30. The third-order valence-electron chi connectivity index (χ3n) is 3.10. The second kappa shape index (κ2) is 5.35. The van der Waals surface area contributed by atoms with E-state index in [2.05, 4.69) is 10.2 Å². The van der Waals surface area contributed by atoms with Gasteiger partial charge in [0.2, 0.25) is 0 Å². The molecule has 1 aliphatic rings. The summed E-state index contributed by atoms with van der Waals surface area (Å²) in [6, 6.07) is 4.97. The molecule has 1 aromatic rings. The number of hydrogen-bond acceptors (Lipinski definition) is 5. The standard InChI is InChI=1S/C12H19N3O2/c13-10(8-16)9-2-1-3-11(12(9)17)15-6-4-14-5-7-15/h1-3,10,14,16-17H,4-8,13H2/t10-/m0/s1. The predicted molar refractivity (Wildman–Crippen MR) is 67.2 cm³/mol. The number of phenolic OH excluding ortho intramolecular Hbond substituents is 1. The van der Waals surface area contributed by atoms with Crippen LogP contribution in [-0.2, 0) is 0 Å². The van der Waals surface area contributed by atoms with Crippen LogP contribution >= 0.6 is 0 Å². The van der Waals surface area contributed by atoms with Gasteiger partial charge in [0.1, 0.15) is 5.75 Å². The Balaban J connectivity index is 2.27. The van der Waals surface area contributed by atoms with Crippen LogP contribution in [0.15, 0.2) is 18.2 Å². The lowest BCUT2D eigenvalue weighted by molar-refractivity contribution is 0.265. The summed E-state index contributed by atoms with van der Waals surface area (Å²) in [6.45, 7) is 3.39. The van der Waals surface area contributed by atoms with Gasteiger partial charge in [-0.05, 0) is 6.07 Å². The maximum atomic E-state index is 10.2. The Bertz CT molecular complexity index is 378. The maximum Gasteiger partial charge on any atom is 0.143 e.